The molecular formula is C24H42O11. The molecule has 11 atom stereocenters. The molecule has 0 bridgehead atoms. The predicted octanol–water partition coefficient (Wildman–Crippen LogP) is -1.07. The van der Waals surface area contributed by atoms with Crippen molar-refractivity contribution < 1.29 is 54.7 Å². The summed E-state index contributed by atoms with van der Waals surface area (Å²) >= 11 is 0. The van der Waals surface area contributed by atoms with Gasteiger partial charge in [0.05, 0.1) is 25.4 Å². The van der Waals surface area contributed by atoms with E-state index in [9.17, 15) is 35.7 Å². The van der Waals surface area contributed by atoms with Crippen molar-refractivity contribution in [3.8, 4) is 0 Å². The summed E-state index contributed by atoms with van der Waals surface area (Å²) in [6.45, 7) is 7.19. The minimum Gasteiger partial charge on any atom is -0.394 e. The van der Waals surface area contributed by atoms with E-state index in [-0.39, 0.29) is 24.2 Å². The average Bonchev–Trinajstić information content (AvgIpc) is 3.05. The molecule has 0 aromatic heterocycles. The molecule has 0 aromatic rings. The van der Waals surface area contributed by atoms with Crippen molar-refractivity contribution >= 4 is 0 Å². The Hall–Kier alpha value is -0.700. The molecule has 2 unspecified atom stereocenters. The Labute approximate surface area is 205 Å². The quantitative estimate of drug-likeness (QED) is 0.189. The molecule has 35 heavy (non-hydrogen) atoms. The fourth-order valence-corrected chi connectivity index (χ4v) is 5.36. The second-order valence-electron chi connectivity index (χ2n) is 10.8. The van der Waals surface area contributed by atoms with Crippen molar-refractivity contribution in [1.29, 1.82) is 0 Å². The number of ether oxygens (including phenoxy) is 4. The Morgan fingerprint density at radius 3 is 2.11 bits per heavy atom. The lowest BCUT2D eigenvalue weighted by Crippen LogP contribution is -2.60. The highest BCUT2D eigenvalue weighted by atomic mass is 16.7. The Bertz CT molecular complexity index is 726. The van der Waals surface area contributed by atoms with E-state index < -0.39 is 61.9 Å². The number of hydrogen-bond donors (Lipinski definition) is 7. The topological polar surface area (TPSA) is 179 Å². The minimum atomic E-state index is -1.55. The summed E-state index contributed by atoms with van der Waals surface area (Å²) < 4.78 is 22.6. The predicted molar refractivity (Wildman–Crippen MR) is 122 cm³/mol. The Morgan fingerprint density at radius 1 is 0.943 bits per heavy atom. The molecule has 3 aliphatic rings. The van der Waals surface area contributed by atoms with Crippen LogP contribution in [0.15, 0.2) is 11.1 Å². The van der Waals surface area contributed by atoms with Crippen LogP contribution in [0.2, 0.25) is 0 Å². The van der Waals surface area contributed by atoms with Crippen LogP contribution in [0.5, 0.6) is 0 Å². The Morgan fingerprint density at radius 2 is 1.54 bits per heavy atom. The van der Waals surface area contributed by atoms with Gasteiger partial charge >= 0.3 is 0 Å². The molecule has 2 saturated heterocycles. The maximum Gasteiger partial charge on any atom is 0.186 e. The third kappa shape index (κ3) is 6.60. The summed E-state index contributed by atoms with van der Waals surface area (Å²) in [7, 11) is 0. The molecule has 2 heterocycles. The first-order chi connectivity index (χ1) is 16.4. The smallest absolute Gasteiger partial charge is 0.186 e. The van der Waals surface area contributed by atoms with Crippen LogP contribution in [-0.4, -0.2) is 116 Å². The van der Waals surface area contributed by atoms with Gasteiger partial charge in [-0.2, -0.15) is 0 Å². The van der Waals surface area contributed by atoms with E-state index in [4.69, 9.17) is 18.9 Å². The molecule has 0 amide bonds. The van der Waals surface area contributed by atoms with Crippen LogP contribution >= 0.6 is 0 Å². The van der Waals surface area contributed by atoms with Crippen molar-refractivity contribution in [2.45, 2.75) is 121 Å². The number of allylic oxidation sites excluding steroid dienone is 1. The fourth-order valence-electron chi connectivity index (χ4n) is 5.36. The zero-order valence-electron chi connectivity index (χ0n) is 20.9. The maximum absolute atomic E-state index is 10.5. The van der Waals surface area contributed by atoms with E-state index in [1.807, 2.05) is 6.92 Å². The lowest BCUT2D eigenvalue weighted by Gasteiger charge is -2.44. The molecule has 0 saturated carbocycles. The second kappa shape index (κ2) is 11.8. The van der Waals surface area contributed by atoms with Crippen LogP contribution < -0.4 is 0 Å². The molecule has 204 valence electrons. The minimum absolute atomic E-state index is 0.192. The molecule has 11 heteroatoms. The van der Waals surface area contributed by atoms with Gasteiger partial charge in [-0.15, -0.1) is 0 Å². The van der Waals surface area contributed by atoms with Gasteiger partial charge in [-0.1, -0.05) is 25.0 Å². The van der Waals surface area contributed by atoms with Gasteiger partial charge in [0.1, 0.15) is 42.7 Å². The van der Waals surface area contributed by atoms with Gasteiger partial charge < -0.3 is 54.7 Å². The van der Waals surface area contributed by atoms with Gasteiger partial charge in [0.15, 0.2) is 12.6 Å². The summed E-state index contributed by atoms with van der Waals surface area (Å²) in [4.78, 5) is 0. The zero-order chi connectivity index (χ0) is 26.1. The molecule has 0 radical (unpaired) electrons. The lowest BCUT2D eigenvalue weighted by molar-refractivity contribution is -0.320. The van der Waals surface area contributed by atoms with E-state index in [0.29, 0.717) is 19.3 Å². The summed E-state index contributed by atoms with van der Waals surface area (Å²) in [6, 6.07) is 0. The van der Waals surface area contributed by atoms with Gasteiger partial charge in [0.2, 0.25) is 0 Å². The van der Waals surface area contributed by atoms with Crippen molar-refractivity contribution in [1.82, 2.24) is 0 Å². The number of rotatable bonds is 9. The molecule has 7 N–H and O–H groups in total. The van der Waals surface area contributed by atoms with Crippen LogP contribution in [0.1, 0.15) is 53.4 Å². The SMILES string of the molecule is CC1=C(CCC(C)O)C(C)(C)CC(O[C@@H]2O[C@H](CO[C@@H]3O[C@H](CO)[C@@H](O)[C@@H]3O)[C@@H](O)[C@H](O)[C@H]2O)C1. The second-order valence-corrected chi connectivity index (χ2v) is 10.8. The van der Waals surface area contributed by atoms with Crippen LogP contribution in [0.25, 0.3) is 0 Å². The molecule has 3 rings (SSSR count). The first kappa shape index (κ1) is 28.9. The van der Waals surface area contributed by atoms with Crippen molar-refractivity contribution in [2.24, 2.45) is 5.41 Å². The molecule has 2 aliphatic heterocycles. The molecule has 1 aliphatic carbocycles. The van der Waals surface area contributed by atoms with E-state index in [0.717, 1.165) is 12.0 Å². The zero-order valence-corrected chi connectivity index (χ0v) is 20.9. The highest BCUT2D eigenvalue weighted by molar-refractivity contribution is 5.24. The van der Waals surface area contributed by atoms with Crippen LogP contribution in [0, 0.1) is 5.41 Å². The van der Waals surface area contributed by atoms with Gasteiger partial charge in [-0.05, 0) is 44.9 Å². The largest absolute Gasteiger partial charge is 0.394 e. The summed E-state index contributed by atoms with van der Waals surface area (Å²) in [5, 5.41) is 70.1. The third-order valence-electron chi connectivity index (χ3n) is 7.33. The van der Waals surface area contributed by atoms with Gasteiger partial charge in [0, 0.05) is 0 Å². The average molecular weight is 507 g/mol. The van der Waals surface area contributed by atoms with Gasteiger partial charge in [0.25, 0.3) is 0 Å². The highest BCUT2D eigenvalue weighted by Gasteiger charge is 2.48. The van der Waals surface area contributed by atoms with Gasteiger partial charge in [-0.3, -0.25) is 0 Å². The summed E-state index contributed by atoms with van der Waals surface area (Å²) in [5.41, 5.74) is 2.24. The van der Waals surface area contributed by atoms with E-state index in [1.165, 1.54) is 5.57 Å². The molecule has 11 nitrogen and oxygen atoms in total. The highest BCUT2D eigenvalue weighted by Crippen LogP contribution is 2.44. The van der Waals surface area contributed by atoms with E-state index in [1.54, 1.807) is 6.92 Å². The number of hydrogen-bond acceptors (Lipinski definition) is 11. The monoisotopic (exact) mass is 506 g/mol. The number of aliphatic hydroxyl groups is 7. The lowest BCUT2D eigenvalue weighted by atomic mass is 9.70. The van der Waals surface area contributed by atoms with Crippen molar-refractivity contribution in [3.05, 3.63) is 11.1 Å². The first-order valence-electron chi connectivity index (χ1n) is 12.3. The molecular weight excluding hydrogens is 464 g/mol. The van der Waals surface area contributed by atoms with Crippen LogP contribution in [-0.2, 0) is 18.9 Å². The van der Waals surface area contributed by atoms with Crippen LogP contribution in [0.4, 0.5) is 0 Å². The van der Waals surface area contributed by atoms with Crippen molar-refractivity contribution in [3.63, 3.8) is 0 Å². The molecule has 2 fully saturated rings. The van der Waals surface area contributed by atoms with Crippen LogP contribution in [0.3, 0.4) is 0 Å². The molecule has 0 aromatic carbocycles. The summed E-state index contributed by atoms with van der Waals surface area (Å²) in [6.07, 6.45) is -9.82. The Kier molecular flexibility index (Phi) is 9.72. The third-order valence-corrected chi connectivity index (χ3v) is 7.33. The Balaban J connectivity index is 1.62. The van der Waals surface area contributed by atoms with Crippen molar-refractivity contribution in [2.75, 3.05) is 13.2 Å². The van der Waals surface area contributed by atoms with Gasteiger partial charge in [-0.25, -0.2) is 0 Å². The number of aliphatic hydroxyl groups excluding tert-OH is 7. The van der Waals surface area contributed by atoms with E-state index in [2.05, 4.69) is 13.8 Å². The van der Waals surface area contributed by atoms with E-state index >= 15 is 0 Å². The fraction of sp³-hybridized carbons (Fsp3) is 0.917. The normalized spacial score (nSPS) is 42.9. The first-order valence-corrected chi connectivity index (χ1v) is 12.3. The molecule has 0 spiro atoms. The standard InChI is InChI=1S/C24H42O11/c1-11-7-13(8-24(3,4)14(11)6-5-12(2)26)33-23-21(31)19(29)18(28)16(35-23)10-32-22-20(30)17(27)15(9-25)34-22/h12-13,15-23,25-31H,5-10H2,1-4H3/t12?,13?,15-,16-,17-,18-,19+,20+,21-,22-,23-/m1/s1. The summed E-state index contributed by atoms with van der Waals surface area (Å²) in [5.74, 6) is 0. The maximum atomic E-state index is 10.5.